The van der Waals surface area contributed by atoms with E-state index in [2.05, 4.69) is 19.6 Å². The van der Waals surface area contributed by atoms with Crippen LogP contribution in [0.3, 0.4) is 0 Å². The Morgan fingerprint density at radius 3 is 2.28 bits per heavy atom. The number of ketones is 1. The number of carbonyl (C=O) groups is 2. The van der Waals surface area contributed by atoms with Crippen molar-refractivity contribution in [2.24, 2.45) is 11.8 Å². The highest BCUT2D eigenvalue weighted by Crippen LogP contribution is 2.42. The van der Waals surface area contributed by atoms with Gasteiger partial charge in [0.15, 0.2) is 8.32 Å². The average Bonchev–Trinajstić information content (AvgIpc) is 2.67. The van der Waals surface area contributed by atoms with E-state index in [1.165, 1.54) is 0 Å². The van der Waals surface area contributed by atoms with Crippen molar-refractivity contribution in [1.82, 2.24) is 0 Å². The molecule has 2 aromatic rings. The highest BCUT2D eigenvalue weighted by molar-refractivity contribution is 6.69. The van der Waals surface area contributed by atoms with E-state index in [9.17, 15) is 9.59 Å². The lowest BCUT2D eigenvalue weighted by Gasteiger charge is -2.38. The molecule has 0 unspecified atom stereocenters. The summed E-state index contributed by atoms with van der Waals surface area (Å²) in [6, 6.07) is 19.0. The van der Waals surface area contributed by atoms with E-state index >= 15 is 0 Å². The van der Waals surface area contributed by atoms with Crippen molar-refractivity contribution in [3.05, 3.63) is 66.2 Å². The van der Waals surface area contributed by atoms with Gasteiger partial charge in [0.1, 0.15) is 11.5 Å². The molecule has 0 N–H and O–H groups in total. The number of hydrogen-bond acceptors (Lipinski definition) is 4. The third kappa shape index (κ3) is 6.12. The van der Waals surface area contributed by atoms with Crippen LogP contribution in [0, 0.1) is 11.8 Å². The fourth-order valence-corrected chi connectivity index (χ4v) is 5.09. The van der Waals surface area contributed by atoms with E-state index in [1.807, 2.05) is 48.5 Å². The zero-order valence-electron chi connectivity index (χ0n) is 17.5. The molecule has 3 rings (SSSR count). The smallest absolute Gasteiger partial charge is 0.311 e. The lowest BCUT2D eigenvalue weighted by molar-refractivity contribution is -0.139. The van der Waals surface area contributed by atoms with Gasteiger partial charge in [-0.15, -0.1) is 0 Å². The monoisotopic (exact) mass is 410 g/mol. The van der Waals surface area contributed by atoms with E-state index in [4.69, 9.17) is 9.16 Å². The summed E-state index contributed by atoms with van der Waals surface area (Å²) in [7, 11) is -1.92. The molecule has 2 aromatic carbocycles. The fraction of sp³-hybridized carbons (Fsp3) is 0.417. The van der Waals surface area contributed by atoms with E-state index in [0.29, 0.717) is 12.2 Å². The van der Waals surface area contributed by atoms with Gasteiger partial charge in [-0.25, -0.2) is 0 Å². The van der Waals surface area contributed by atoms with Gasteiger partial charge in [-0.2, -0.15) is 0 Å². The van der Waals surface area contributed by atoms with Crippen molar-refractivity contribution in [3.63, 3.8) is 0 Å². The second kappa shape index (κ2) is 9.50. The number of esters is 1. The van der Waals surface area contributed by atoms with Crippen LogP contribution in [0.5, 0.6) is 5.75 Å². The number of carbonyl (C=O) groups excluding carboxylic acids is 2. The third-order valence-corrected chi connectivity index (χ3v) is 6.18. The summed E-state index contributed by atoms with van der Waals surface area (Å²) in [5.74, 6) is 0.0472. The first-order chi connectivity index (χ1) is 13.8. The van der Waals surface area contributed by atoms with Gasteiger partial charge >= 0.3 is 5.97 Å². The first-order valence-electron chi connectivity index (χ1n) is 10.3. The quantitative estimate of drug-likeness (QED) is 0.341. The van der Waals surface area contributed by atoms with Crippen LogP contribution < -0.4 is 4.74 Å². The van der Waals surface area contributed by atoms with Crippen molar-refractivity contribution in [1.29, 1.82) is 0 Å². The summed E-state index contributed by atoms with van der Waals surface area (Å²) >= 11 is 0. The van der Waals surface area contributed by atoms with Gasteiger partial charge < -0.3 is 9.16 Å². The molecule has 5 heteroatoms. The summed E-state index contributed by atoms with van der Waals surface area (Å²) in [5.41, 5.74) is 1.01. The molecule has 1 aliphatic rings. The van der Waals surface area contributed by atoms with Crippen molar-refractivity contribution in [3.8, 4) is 5.75 Å². The zero-order chi connectivity index (χ0) is 20.9. The Morgan fingerprint density at radius 2 is 1.66 bits per heavy atom. The van der Waals surface area contributed by atoms with Gasteiger partial charge in [-0.05, 0) is 56.1 Å². The molecule has 1 aliphatic carbocycles. The standard InChI is InChI=1S/C24H30O4Si/c1-29(2,3)28-24(18-11-6-4-7-12-18)23-19(13-10-16-21(23)25)17-22(26)27-20-14-8-5-9-15-20/h4-9,11-12,14-15,19,23-24H,10,13,16-17H2,1-3H3/t19-,23-,24+/m1/s1. The fourth-order valence-electron chi connectivity index (χ4n) is 4.04. The van der Waals surface area contributed by atoms with Crippen LogP contribution in [0.15, 0.2) is 60.7 Å². The van der Waals surface area contributed by atoms with Crippen LogP contribution in [0.1, 0.15) is 37.4 Å². The Bertz CT molecular complexity index is 814. The number of benzene rings is 2. The maximum Gasteiger partial charge on any atom is 0.311 e. The minimum Gasteiger partial charge on any atom is -0.427 e. The predicted octanol–water partition coefficient (Wildman–Crippen LogP) is 5.56. The Hall–Kier alpha value is -2.24. The molecule has 1 saturated carbocycles. The number of ether oxygens (including phenoxy) is 1. The van der Waals surface area contributed by atoms with Gasteiger partial charge in [0.25, 0.3) is 0 Å². The molecular formula is C24H30O4Si. The van der Waals surface area contributed by atoms with Crippen molar-refractivity contribution in [2.75, 3.05) is 0 Å². The molecule has 29 heavy (non-hydrogen) atoms. The van der Waals surface area contributed by atoms with Crippen molar-refractivity contribution >= 4 is 20.1 Å². The van der Waals surface area contributed by atoms with Crippen LogP contribution in [0.25, 0.3) is 0 Å². The highest BCUT2D eigenvalue weighted by Gasteiger charge is 2.41. The molecule has 1 fully saturated rings. The van der Waals surface area contributed by atoms with Gasteiger partial charge in [0.05, 0.1) is 12.0 Å². The first-order valence-corrected chi connectivity index (χ1v) is 13.8. The molecule has 0 amide bonds. The molecule has 4 nitrogen and oxygen atoms in total. The normalized spacial score (nSPS) is 20.9. The van der Waals surface area contributed by atoms with Gasteiger partial charge in [-0.1, -0.05) is 48.5 Å². The minimum absolute atomic E-state index is 0.0750. The first kappa shape index (κ1) is 21.5. The molecule has 0 aliphatic heterocycles. The molecule has 0 radical (unpaired) electrons. The molecule has 0 bridgehead atoms. The molecular weight excluding hydrogens is 380 g/mol. The maximum absolute atomic E-state index is 13.0. The van der Waals surface area contributed by atoms with E-state index in [1.54, 1.807) is 12.1 Å². The Labute approximate surface area is 174 Å². The average molecular weight is 411 g/mol. The van der Waals surface area contributed by atoms with Crippen LogP contribution in [-0.2, 0) is 14.0 Å². The summed E-state index contributed by atoms with van der Waals surface area (Å²) in [4.78, 5) is 25.6. The summed E-state index contributed by atoms with van der Waals surface area (Å²) in [6.07, 6.45) is 2.10. The minimum atomic E-state index is -1.92. The topological polar surface area (TPSA) is 52.6 Å². The summed E-state index contributed by atoms with van der Waals surface area (Å²) in [5, 5.41) is 0. The van der Waals surface area contributed by atoms with Gasteiger partial charge in [0, 0.05) is 12.8 Å². The van der Waals surface area contributed by atoms with Crippen molar-refractivity contribution in [2.45, 2.75) is 51.4 Å². The molecule has 0 heterocycles. The second-order valence-corrected chi connectivity index (χ2v) is 13.2. The summed E-state index contributed by atoms with van der Waals surface area (Å²) in [6.45, 7) is 6.40. The maximum atomic E-state index is 13.0. The Morgan fingerprint density at radius 1 is 1.03 bits per heavy atom. The van der Waals surface area contributed by atoms with E-state index in [0.717, 1.165) is 18.4 Å². The van der Waals surface area contributed by atoms with E-state index < -0.39 is 8.32 Å². The Balaban J connectivity index is 1.83. The van der Waals surface area contributed by atoms with Gasteiger partial charge in [0.2, 0.25) is 0 Å². The molecule has 3 atom stereocenters. The zero-order valence-corrected chi connectivity index (χ0v) is 18.5. The number of rotatable bonds is 7. The summed E-state index contributed by atoms with van der Waals surface area (Å²) < 4.78 is 12.0. The second-order valence-electron chi connectivity index (χ2n) is 8.70. The van der Waals surface area contributed by atoms with Crippen LogP contribution in [-0.4, -0.2) is 20.1 Å². The van der Waals surface area contributed by atoms with Crippen LogP contribution in [0.2, 0.25) is 19.6 Å². The Kier molecular flexibility index (Phi) is 7.03. The SMILES string of the molecule is C[Si](C)(C)O[C@@H](c1ccccc1)[C@H]1C(=O)CCC[C@@H]1CC(=O)Oc1ccccc1. The highest BCUT2D eigenvalue weighted by atomic mass is 28.4. The lowest BCUT2D eigenvalue weighted by atomic mass is 9.72. The lowest BCUT2D eigenvalue weighted by Crippen LogP contribution is -2.40. The number of hydrogen-bond donors (Lipinski definition) is 0. The molecule has 0 aromatic heterocycles. The van der Waals surface area contributed by atoms with Crippen LogP contribution >= 0.6 is 0 Å². The number of Topliss-reactive ketones (excluding diaryl/α,β-unsaturated/α-hetero) is 1. The largest absolute Gasteiger partial charge is 0.427 e. The van der Waals surface area contributed by atoms with Crippen molar-refractivity contribution < 1.29 is 18.8 Å². The third-order valence-electron chi connectivity index (χ3n) is 5.22. The van der Waals surface area contributed by atoms with Gasteiger partial charge in [-0.3, -0.25) is 9.59 Å². The molecule has 154 valence electrons. The molecule has 0 spiro atoms. The molecule has 0 saturated heterocycles. The van der Waals surface area contributed by atoms with E-state index in [-0.39, 0.29) is 36.1 Å². The predicted molar refractivity (Wildman–Crippen MR) is 116 cm³/mol. The number of para-hydroxylation sites is 1. The van der Waals surface area contributed by atoms with Crippen LogP contribution in [0.4, 0.5) is 0 Å².